The lowest BCUT2D eigenvalue weighted by atomic mass is 10.0. The molecule has 0 radical (unpaired) electrons. The minimum absolute atomic E-state index is 0.169. The van der Waals surface area contributed by atoms with Gasteiger partial charge in [-0.3, -0.25) is 24.8 Å². The van der Waals surface area contributed by atoms with E-state index in [4.69, 9.17) is 5.73 Å². The van der Waals surface area contributed by atoms with E-state index in [1.165, 1.54) is 0 Å². The van der Waals surface area contributed by atoms with Gasteiger partial charge in [0, 0.05) is 12.7 Å². The minimum Gasteiger partial charge on any atom is -0.329 e. The minimum atomic E-state index is -0.340. The average molecular weight is 262 g/mol. The molecule has 1 saturated heterocycles. The van der Waals surface area contributed by atoms with Crippen molar-refractivity contribution in [1.82, 2.24) is 15.2 Å². The van der Waals surface area contributed by atoms with Crippen LogP contribution < -0.4 is 11.1 Å². The number of nitrogens with zero attached hydrogens (tertiary/aromatic N) is 2. The first-order chi connectivity index (χ1) is 9.17. The first-order valence-corrected chi connectivity index (χ1v) is 6.37. The van der Waals surface area contributed by atoms with E-state index in [2.05, 4.69) is 10.3 Å². The second-order valence-electron chi connectivity index (χ2n) is 4.51. The van der Waals surface area contributed by atoms with Crippen LogP contribution in [0.15, 0.2) is 24.4 Å². The van der Waals surface area contributed by atoms with Gasteiger partial charge in [0.05, 0.1) is 24.3 Å². The van der Waals surface area contributed by atoms with Crippen molar-refractivity contribution < 1.29 is 9.59 Å². The Kier molecular flexibility index (Phi) is 4.24. The molecule has 2 amide bonds. The zero-order valence-electron chi connectivity index (χ0n) is 10.9. The molecule has 1 aromatic rings. The smallest absolute Gasteiger partial charge is 0.243 e. The molecule has 1 aliphatic heterocycles. The molecule has 3 N–H and O–H groups in total. The molecule has 2 rings (SSSR count). The van der Waals surface area contributed by atoms with Crippen LogP contribution in [0, 0.1) is 0 Å². The maximum absolute atomic E-state index is 11.9. The molecule has 0 bridgehead atoms. The Balaban J connectivity index is 2.30. The van der Waals surface area contributed by atoms with Crippen molar-refractivity contribution in [2.75, 3.05) is 13.1 Å². The number of hydrogen-bond acceptors (Lipinski definition) is 5. The highest BCUT2D eigenvalue weighted by Gasteiger charge is 2.37. The van der Waals surface area contributed by atoms with Crippen LogP contribution in [-0.2, 0) is 9.59 Å². The average Bonchev–Trinajstić information content (AvgIpc) is 2.40. The van der Waals surface area contributed by atoms with E-state index in [-0.39, 0.29) is 30.4 Å². The second kappa shape index (κ2) is 5.90. The summed E-state index contributed by atoms with van der Waals surface area (Å²) in [5, 5.41) is 2.36. The van der Waals surface area contributed by atoms with E-state index in [9.17, 15) is 9.59 Å². The summed E-state index contributed by atoms with van der Waals surface area (Å²) in [5.74, 6) is -0.544. The van der Waals surface area contributed by atoms with E-state index in [0.29, 0.717) is 13.0 Å². The molecule has 102 valence electrons. The van der Waals surface area contributed by atoms with Gasteiger partial charge in [0.1, 0.15) is 0 Å². The summed E-state index contributed by atoms with van der Waals surface area (Å²) in [5.41, 5.74) is 6.60. The number of piperazine rings is 1. The predicted octanol–water partition coefficient (Wildman–Crippen LogP) is -0.182. The van der Waals surface area contributed by atoms with Crippen LogP contribution in [0.2, 0.25) is 0 Å². The first kappa shape index (κ1) is 13.6. The fourth-order valence-corrected chi connectivity index (χ4v) is 2.43. The number of imide groups is 1. The topological polar surface area (TPSA) is 88.3 Å². The molecule has 1 aromatic heterocycles. The number of rotatable bonds is 4. The number of amides is 2. The Bertz CT molecular complexity index is 463. The summed E-state index contributed by atoms with van der Waals surface area (Å²) < 4.78 is 0. The van der Waals surface area contributed by atoms with Crippen molar-refractivity contribution >= 4 is 11.8 Å². The molecule has 1 aliphatic rings. The van der Waals surface area contributed by atoms with Crippen molar-refractivity contribution in [3.63, 3.8) is 0 Å². The van der Waals surface area contributed by atoms with Crippen LogP contribution in [0.3, 0.4) is 0 Å². The van der Waals surface area contributed by atoms with Gasteiger partial charge in [0.15, 0.2) is 0 Å². The van der Waals surface area contributed by atoms with Gasteiger partial charge in [-0.25, -0.2) is 0 Å². The summed E-state index contributed by atoms with van der Waals surface area (Å²) in [6.45, 7) is 2.40. The van der Waals surface area contributed by atoms with E-state index in [1.807, 2.05) is 30.0 Å². The van der Waals surface area contributed by atoms with Crippen molar-refractivity contribution in [3.8, 4) is 0 Å². The molecule has 19 heavy (non-hydrogen) atoms. The highest BCUT2D eigenvalue weighted by molar-refractivity contribution is 6.01. The summed E-state index contributed by atoms with van der Waals surface area (Å²) in [4.78, 5) is 29.5. The Hall–Kier alpha value is -1.79. The number of carbonyl (C=O) groups is 2. The fourth-order valence-electron chi connectivity index (χ4n) is 2.43. The predicted molar refractivity (Wildman–Crippen MR) is 70.0 cm³/mol. The summed E-state index contributed by atoms with van der Waals surface area (Å²) in [7, 11) is 0. The molecule has 1 fully saturated rings. The number of nitrogens with two attached hydrogens (primary N) is 1. The van der Waals surface area contributed by atoms with Gasteiger partial charge in [0.25, 0.3) is 0 Å². The van der Waals surface area contributed by atoms with E-state index >= 15 is 0 Å². The zero-order chi connectivity index (χ0) is 13.8. The molecular formula is C13H18N4O2. The normalized spacial score (nSPS) is 22.1. The maximum atomic E-state index is 11.9. The second-order valence-corrected chi connectivity index (χ2v) is 4.51. The van der Waals surface area contributed by atoms with Crippen molar-refractivity contribution in [2.24, 2.45) is 5.73 Å². The number of aromatic nitrogens is 1. The molecular weight excluding hydrogens is 244 g/mol. The quantitative estimate of drug-likeness (QED) is 0.735. The van der Waals surface area contributed by atoms with Crippen LogP contribution in [0.5, 0.6) is 0 Å². The maximum Gasteiger partial charge on any atom is 0.243 e. The van der Waals surface area contributed by atoms with E-state index < -0.39 is 0 Å². The number of nitrogens with one attached hydrogen (secondary N) is 1. The monoisotopic (exact) mass is 262 g/mol. The van der Waals surface area contributed by atoms with Gasteiger partial charge in [-0.05, 0) is 18.6 Å². The Labute approximate surface area is 112 Å². The third-order valence-electron chi connectivity index (χ3n) is 3.33. The Morgan fingerprint density at radius 2 is 2.32 bits per heavy atom. The zero-order valence-corrected chi connectivity index (χ0v) is 10.9. The summed E-state index contributed by atoms with van der Waals surface area (Å²) in [6.07, 6.45) is 2.31. The van der Waals surface area contributed by atoms with Gasteiger partial charge < -0.3 is 5.73 Å². The van der Waals surface area contributed by atoms with Crippen molar-refractivity contribution in [2.45, 2.75) is 25.4 Å². The van der Waals surface area contributed by atoms with Crippen LogP contribution in [-0.4, -0.2) is 40.8 Å². The molecule has 2 heterocycles. The van der Waals surface area contributed by atoms with Crippen molar-refractivity contribution in [1.29, 1.82) is 0 Å². The standard InChI is InChI=1S/C13H18N4O2/c1-2-10-13(19)16-12(18)8-17(10)11(7-14)9-5-3-4-6-15-9/h3-6,10-11H,2,7-8,14H2,1H3,(H,16,18,19). The molecule has 2 atom stereocenters. The molecule has 6 nitrogen and oxygen atoms in total. The highest BCUT2D eigenvalue weighted by Crippen LogP contribution is 2.23. The molecule has 0 aliphatic carbocycles. The lowest BCUT2D eigenvalue weighted by molar-refractivity contribution is -0.141. The van der Waals surface area contributed by atoms with Crippen molar-refractivity contribution in [3.05, 3.63) is 30.1 Å². The van der Waals surface area contributed by atoms with E-state index in [0.717, 1.165) is 5.69 Å². The number of hydrogen-bond donors (Lipinski definition) is 2. The molecule has 0 spiro atoms. The number of pyridine rings is 1. The van der Waals surface area contributed by atoms with Crippen LogP contribution in [0.4, 0.5) is 0 Å². The largest absolute Gasteiger partial charge is 0.329 e. The number of carbonyl (C=O) groups excluding carboxylic acids is 2. The lowest BCUT2D eigenvalue weighted by Gasteiger charge is -2.38. The van der Waals surface area contributed by atoms with Crippen LogP contribution >= 0.6 is 0 Å². The van der Waals surface area contributed by atoms with E-state index in [1.54, 1.807) is 6.20 Å². The summed E-state index contributed by atoms with van der Waals surface area (Å²) in [6, 6.07) is 5.00. The van der Waals surface area contributed by atoms with Crippen LogP contribution in [0.1, 0.15) is 25.1 Å². The fraction of sp³-hybridized carbons (Fsp3) is 0.462. The Morgan fingerprint density at radius 3 is 2.89 bits per heavy atom. The molecule has 0 aromatic carbocycles. The third-order valence-corrected chi connectivity index (χ3v) is 3.33. The molecule has 0 saturated carbocycles. The SMILES string of the molecule is CCC1C(=O)NC(=O)CN1C(CN)c1ccccn1. The van der Waals surface area contributed by atoms with Gasteiger partial charge in [-0.15, -0.1) is 0 Å². The van der Waals surface area contributed by atoms with Crippen LogP contribution in [0.25, 0.3) is 0 Å². The first-order valence-electron chi connectivity index (χ1n) is 6.37. The van der Waals surface area contributed by atoms with Gasteiger partial charge in [-0.1, -0.05) is 13.0 Å². The van der Waals surface area contributed by atoms with Gasteiger partial charge in [0.2, 0.25) is 11.8 Å². The Morgan fingerprint density at radius 1 is 1.53 bits per heavy atom. The molecule has 6 heteroatoms. The van der Waals surface area contributed by atoms with Gasteiger partial charge >= 0.3 is 0 Å². The summed E-state index contributed by atoms with van der Waals surface area (Å²) >= 11 is 0. The lowest BCUT2D eigenvalue weighted by Crippen LogP contribution is -2.59. The third kappa shape index (κ3) is 2.80. The highest BCUT2D eigenvalue weighted by atomic mass is 16.2. The molecule has 2 unspecified atom stereocenters. The van der Waals surface area contributed by atoms with Gasteiger partial charge in [-0.2, -0.15) is 0 Å².